The lowest BCUT2D eigenvalue weighted by atomic mass is 10.0. The van der Waals surface area contributed by atoms with Crippen molar-refractivity contribution in [2.45, 2.75) is 32.4 Å². The van der Waals surface area contributed by atoms with Crippen molar-refractivity contribution in [1.29, 1.82) is 0 Å². The van der Waals surface area contributed by atoms with E-state index in [0.29, 0.717) is 0 Å². The van der Waals surface area contributed by atoms with E-state index in [1.807, 2.05) is 26.0 Å². The Morgan fingerprint density at radius 1 is 1.39 bits per heavy atom. The Balaban J connectivity index is 2.80. The van der Waals surface area contributed by atoms with Gasteiger partial charge < -0.3 is 10.0 Å². The first-order valence-electron chi connectivity index (χ1n) is 6.22. The fourth-order valence-corrected chi connectivity index (χ4v) is 1.97. The number of carbonyl (C=O) groups excluding carboxylic acids is 1. The molecule has 1 rings (SSSR count). The highest BCUT2D eigenvalue weighted by molar-refractivity contribution is 5.81. The maximum atomic E-state index is 11.8. The normalized spacial score (nSPS) is 14.0. The van der Waals surface area contributed by atoms with Crippen molar-refractivity contribution in [3.63, 3.8) is 0 Å². The van der Waals surface area contributed by atoms with Crippen LogP contribution < -0.4 is 5.32 Å². The molecule has 0 aromatic heterocycles. The molecule has 2 N–H and O–H groups in total. The van der Waals surface area contributed by atoms with Crippen LogP contribution in [0.15, 0.2) is 24.3 Å². The van der Waals surface area contributed by atoms with Crippen LogP contribution in [0.25, 0.3) is 0 Å². The van der Waals surface area contributed by atoms with E-state index in [4.69, 9.17) is 0 Å². The Morgan fingerprint density at radius 2 is 2.00 bits per heavy atom. The Kier molecular flexibility index (Phi) is 5.16. The molecule has 4 nitrogen and oxygen atoms in total. The molecule has 0 saturated carbocycles. The van der Waals surface area contributed by atoms with Gasteiger partial charge in [0, 0.05) is 25.7 Å². The summed E-state index contributed by atoms with van der Waals surface area (Å²) >= 11 is 0. The molecule has 100 valence electrons. The molecule has 0 aliphatic carbocycles. The van der Waals surface area contributed by atoms with E-state index in [-0.39, 0.29) is 23.7 Å². The van der Waals surface area contributed by atoms with Crippen molar-refractivity contribution in [2.75, 3.05) is 14.1 Å². The van der Waals surface area contributed by atoms with E-state index in [9.17, 15) is 9.90 Å². The lowest BCUT2D eigenvalue weighted by Crippen LogP contribution is -2.43. The number of carbonyl (C=O) groups is 1. The molecule has 0 bridgehead atoms. The Bertz CT molecular complexity index is 405. The monoisotopic (exact) mass is 250 g/mol. The number of nitrogens with zero attached hydrogens (tertiary/aromatic N) is 1. The summed E-state index contributed by atoms with van der Waals surface area (Å²) in [5.41, 5.74) is 0.832. The maximum absolute atomic E-state index is 11.8. The predicted molar refractivity (Wildman–Crippen MR) is 72.4 cm³/mol. The van der Waals surface area contributed by atoms with Crippen LogP contribution in [0.1, 0.15) is 31.9 Å². The first kappa shape index (κ1) is 14.5. The second kappa shape index (κ2) is 6.40. The molecule has 0 heterocycles. The summed E-state index contributed by atoms with van der Waals surface area (Å²) in [5.74, 6) is 0.297. The lowest BCUT2D eigenvalue weighted by Gasteiger charge is -2.24. The highest BCUT2D eigenvalue weighted by atomic mass is 16.3. The van der Waals surface area contributed by atoms with Crippen LogP contribution in [-0.4, -0.2) is 36.1 Å². The maximum Gasteiger partial charge on any atom is 0.238 e. The minimum absolute atomic E-state index is 0.0231. The summed E-state index contributed by atoms with van der Waals surface area (Å²) < 4.78 is 0. The van der Waals surface area contributed by atoms with Crippen molar-refractivity contribution in [2.24, 2.45) is 0 Å². The molecule has 0 spiro atoms. The molecule has 0 aliphatic rings. The summed E-state index contributed by atoms with van der Waals surface area (Å²) in [7, 11) is 3.48. The number of nitrogens with one attached hydrogen (secondary N) is 1. The van der Waals surface area contributed by atoms with Crippen LogP contribution in [0.4, 0.5) is 0 Å². The van der Waals surface area contributed by atoms with Gasteiger partial charge >= 0.3 is 0 Å². The largest absolute Gasteiger partial charge is 0.508 e. The second-order valence-corrected chi connectivity index (χ2v) is 4.64. The number of aromatic hydroxyl groups is 1. The number of para-hydroxylation sites is 1. The van der Waals surface area contributed by atoms with E-state index in [2.05, 4.69) is 5.32 Å². The van der Waals surface area contributed by atoms with Crippen molar-refractivity contribution in [3.05, 3.63) is 29.8 Å². The van der Waals surface area contributed by atoms with Crippen molar-refractivity contribution in [3.8, 4) is 5.75 Å². The van der Waals surface area contributed by atoms with Gasteiger partial charge in [0.1, 0.15) is 5.75 Å². The molecule has 0 radical (unpaired) electrons. The Morgan fingerprint density at radius 3 is 2.50 bits per heavy atom. The molecule has 0 fully saturated rings. The molecular formula is C14H22N2O2. The van der Waals surface area contributed by atoms with Crippen LogP contribution in [0, 0.1) is 0 Å². The molecule has 0 saturated heterocycles. The van der Waals surface area contributed by atoms with Crippen LogP contribution in [0.3, 0.4) is 0 Å². The molecule has 1 amide bonds. The lowest BCUT2D eigenvalue weighted by molar-refractivity contribution is -0.130. The van der Waals surface area contributed by atoms with Crippen LogP contribution in [0.2, 0.25) is 0 Å². The summed E-state index contributed by atoms with van der Waals surface area (Å²) in [6.07, 6.45) is 0.808. The van der Waals surface area contributed by atoms with Crippen molar-refractivity contribution >= 4 is 5.91 Å². The van der Waals surface area contributed by atoms with Crippen LogP contribution in [-0.2, 0) is 4.79 Å². The summed E-state index contributed by atoms with van der Waals surface area (Å²) in [5, 5.41) is 13.1. The Labute approximate surface area is 109 Å². The average molecular weight is 250 g/mol. The smallest absolute Gasteiger partial charge is 0.238 e. The number of phenols is 1. The van der Waals surface area contributed by atoms with Gasteiger partial charge in [-0.25, -0.2) is 0 Å². The third-order valence-electron chi connectivity index (χ3n) is 2.98. The summed E-state index contributed by atoms with van der Waals surface area (Å²) in [6, 6.07) is 6.92. The van der Waals surface area contributed by atoms with Gasteiger partial charge in [0.25, 0.3) is 0 Å². The van der Waals surface area contributed by atoms with Gasteiger partial charge in [-0.15, -0.1) is 0 Å². The molecule has 0 aliphatic heterocycles. The number of phenolic OH excluding ortho intramolecular Hbond substituents is 1. The standard InChI is InChI=1S/C14H22N2O2/c1-5-12(11-8-6-7-9-13(11)17)15-10(2)14(18)16(3)4/h6-10,12,15,17H,5H2,1-4H3. The van der Waals surface area contributed by atoms with E-state index in [0.717, 1.165) is 12.0 Å². The third-order valence-corrected chi connectivity index (χ3v) is 2.98. The fraction of sp³-hybridized carbons (Fsp3) is 0.500. The number of hydrogen-bond acceptors (Lipinski definition) is 3. The number of rotatable bonds is 5. The second-order valence-electron chi connectivity index (χ2n) is 4.64. The molecule has 1 aromatic carbocycles. The van der Waals surface area contributed by atoms with Gasteiger partial charge in [-0.3, -0.25) is 10.1 Å². The van der Waals surface area contributed by atoms with E-state index < -0.39 is 0 Å². The van der Waals surface area contributed by atoms with E-state index in [1.54, 1.807) is 31.1 Å². The number of hydrogen-bond donors (Lipinski definition) is 2. The SMILES string of the molecule is CCC(NC(C)C(=O)N(C)C)c1ccccc1O. The minimum Gasteiger partial charge on any atom is -0.508 e. The quantitative estimate of drug-likeness (QED) is 0.839. The van der Waals surface area contributed by atoms with Crippen LogP contribution in [0.5, 0.6) is 5.75 Å². The summed E-state index contributed by atoms with van der Waals surface area (Å²) in [6.45, 7) is 3.86. The zero-order valence-corrected chi connectivity index (χ0v) is 11.5. The molecular weight excluding hydrogens is 228 g/mol. The predicted octanol–water partition coefficient (Wildman–Crippen LogP) is 1.91. The highest BCUT2D eigenvalue weighted by Gasteiger charge is 2.20. The van der Waals surface area contributed by atoms with Crippen LogP contribution >= 0.6 is 0 Å². The van der Waals surface area contributed by atoms with Gasteiger partial charge in [-0.1, -0.05) is 25.1 Å². The average Bonchev–Trinajstić information content (AvgIpc) is 2.35. The Hall–Kier alpha value is -1.55. The first-order chi connectivity index (χ1) is 8.47. The minimum atomic E-state index is -0.274. The van der Waals surface area contributed by atoms with E-state index >= 15 is 0 Å². The van der Waals surface area contributed by atoms with Gasteiger partial charge in [0.15, 0.2) is 0 Å². The van der Waals surface area contributed by atoms with Crippen molar-refractivity contribution in [1.82, 2.24) is 10.2 Å². The van der Waals surface area contributed by atoms with E-state index in [1.165, 1.54) is 0 Å². The van der Waals surface area contributed by atoms with Gasteiger partial charge in [0.05, 0.1) is 6.04 Å². The summed E-state index contributed by atoms with van der Waals surface area (Å²) in [4.78, 5) is 13.4. The number of likely N-dealkylation sites (N-methyl/N-ethyl adjacent to an activating group) is 1. The molecule has 4 heteroatoms. The fourth-order valence-electron chi connectivity index (χ4n) is 1.97. The molecule has 1 aromatic rings. The van der Waals surface area contributed by atoms with Gasteiger partial charge in [-0.05, 0) is 19.4 Å². The van der Waals surface area contributed by atoms with Gasteiger partial charge in [0.2, 0.25) is 5.91 Å². The molecule has 2 unspecified atom stereocenters. The third kappa shape index (κ3) is 3.47. The zero-order chi connectivity index (χ0) is 13.7. The number of benzene rings is 1. The number of amides is 1. The van der Waals surface area contributed by atoms with Crippen molar-refractivity contribution < 1.29 is 9.90 Å². The highest BCUT2D eigenvalue weighted by Crippen LogP contribution is 2.26. The zero-order valence-electron chi connectivity index (χ0n) is 11.5. The molecule has 2 atom stereocenters. The molecule has 18 heavy (non-hydrogen) atoms. The first-order valence-corrected chi connectivity index (χ1v) is 6.22. The van der Waals surface area contributed by atoms with Gasteiger partial charge in [-0.2, -0.15) is 0 Å². The topological polar surface area (TPSA) is 52.6 Å².